The van der Waals surface area contributed by atoms with Crippen molar-refractivity contribution < 1.29 is 18.7 Å². The molecule has 0 spiro atoms. The molecule has 3 aromatic rings. The molecule has 3 rings (SSSR count). The van der Waals surface area contributed by atoms with E-state index in [-0.39, 0.29) is 23.0 Å². The van der Waals surface area contributed by atoms with Crippen LogP contribution in [0, 0.1) is 5.82 Å². The Morgan fingerprint density at radius 1 is 1.00 bits per heavy atom. The standard InChI is InChI=1S/C22H21FN4O3/c1-3-14-4-6-15(7-5-14)26-22(29)27-19-9-8-16(12-18(19)23)30-17-10-11-25-20(13-17)21(28)24-2/h4-13H,3H2,1-2H3,(H,24,28)(H2,26,27,29). The molecule has 0 aliphatic carbocycles. The van der Waals surface area contributed by atoms with Crippen molar-refractivity contribution in [1.29, 1.82) is 0 Å². The van der Waals surface area contributed by atoms with E-state index in [1.54, 1.807) is 18.2 Å². The molecule has 1 heterocycles. The third-order valence-electron chi connectivity index (χ3n) is 4.24. The summed E-state index contributed by atoms with van der Waals surface area (Å²) in [5.41, 5.74) is 1.94. The van der Waals surface area contributed by atoms with Gasteiger partial charge >= 0.3 is 6.03 Å². The third-order valence-corrected chi connectivity index (χ3v) is 4.24. The second kappa shape index (κ2) is 9.51. The van der Waals surface area contributed by atoms with Gasteiger partial charge in [0.1, 0.15) is 23.0 Å². The zero-order chi connectivity index (χ0) is 21.5. The van der Waals surface area contributed by atoms with E-state index in [0.717, 1.165) is 18.1 Å². The molecule has 7 nitrogen and oxygen atoms in total. The van der Waals surface area contributed by atoms with Crippen molar-refractivity contribution in [1.82, 2.24) is 10.3 Å². The lowest BCUT2D eigenvalue weighted by atomic mass is 10.1. The van der Waals surface area contributed by atoms with Crippen LogP contribution in [0.2, 0.25) is 0 Å². The Morgan fingerprint density at radius 3 is 2.40 bits per heavy atom. The number of carbonyl (C=O) groups excluding carboxylic acids is 2. The van der Waals surface area contributed by atoms with Gasteiger partial charge in [-0.15, -0.1) is 0 Å². The van der Waals surface area contributed by atoms with Crippen LogP contribution in [0.4, 0.5) is 20.6 Å². The zero-order valence-corrected chi connectivity index (χ0v) is 16.5. The van der Waals surface area contributed by atoms with Crippen LogP contribution in [-0.4, -0.2) is 24.0 Å². The number of benzene rings is 2. The number of ether oxygens (including phenoxy) is 1. The molecule has 0 radical (unpaired) electrons. The number of halogens is 1. The fraction of sp³-hybridized carbons (Fsp3) is 0.136. The summed E-state index contributed by atoms with van der Waals surface area (Å²) in [6.45, 7) is 2.04. The Kier molecular flexibility index (Phi) is 6.59. The van der Waals surface area contributed by atoms with E-state index in [0.29, 0.717) is 11.4 Å². The van der Waals surface area contributed by atoms with Crippen molar-refractivity contribution in [2.45, 2.75) is 13.3 Å². The van der Waals surface area contributed by atoms with E-state index < -0.39 is 11.8 Å². The van der Waals surface area contributed by atoms with Gasteiger partial charge in [0.25, 0.3) is 5.91 Å². The minimum absolute atomic E-state index is 0.00538. The summed E-state index contributed by atoms with van der Waals surface area (Å²) in [5.74, 6) is -0.481. The zero-order valence-electron chi connectivity index (χ0n) is 16.5. The van der Waals surface area contributed by atoms with E-state index in [4.69, 9.17) is 4.74 Å². The predicted octanol–water partition coefficient (Wildman–Crippen LogP) is 4.58. The van der Waals surface area contributed by atoms with Crippen LogP contribution in [0.25, 0.3) is 0 Å². The minimum atomic E-state index is -0.662. The number of aryl methyl sites for hydroxylation is 1. The van der Waals surface area contributed by atoms with Gasteiger partial charge in [0.15, 0.2) is 0 Å². The lowest BCUT2D eigenvalue weighted by molar-refractivity contribution is 0.0958. The molecule has 3 N–H and O–H groups in total. The maximum atomic E-state index is 14.4. The second-order valence-electron chi connectivity index (χ2n) is 6.33. The van der Waals surface area contributed by atoms with Gasteiger partial charge in [-0.1, -0.05) is 19.1 Å². The Bertz CT molecular complexity index is 1050. The number of pyridine rings is 1. The van der Waals surface area contributed by atoms with Gasteiger partial charge in [-0.3, -0.25) is 9.78 Å². The third kappa shape index (κ3) is 5.32. The molecule has 0 fully saturated rings. The summed E-state index contributed by atoms with van der Waals surface area (Å²) in [7, 11) is 1.50. The van der Waals surface area contributed by atoms with Crippen molar-refractivity contribution in [2.75, 3.05) is 17.7 Å². The van der Waals surface area contributed by atoms with Gasteiger partial charge in [0.05, 0.1) is 5.69 Å². The van der Waals surface area contributed by atoms with Crippen LogP contribution in [0.15, 0.2) is 60.8 Å². The highest BCUT2D eigenvalue weighted by atomic mass is 19.1. The average Bonchev–Trinajstić information content (AvgIpc) is 2.76. The fourth-order valence-corrected chi connectivity index (χ4v) is 2.63. The highest BCUT2D eigenvalue weighted by Crippen LogP contribution is 2.26. The molecule has 0 saturated heterocycles. The predicted molar refractivity (Wildman–Crippen MR) is 113 cm³/mol. The van der Waals surface area contributed by atoms with Crippen molar-refractivity contribution >= 4 is 23.3 Å². The van der Waals surface area contributed by atoms with Gasteiger partial charge in [-0.05, 0) is 42.3 Å². The molecule has 0 saturated carbocycles. The summed E-state index contributed by atoms with van der Waals surface area (Å²) in [6, 6.07) is 13.9. The molecule has 1 aromatic heterocycles. The first kappa shape index (κ1) is 20.8. The highest BCUT2D eigenvalue weighted by molar-refractivity contribution is 5.99. The highest BCUT2D eigenvalue weighted by Gasteiger charge is 2.11. The van der Waals surface area contributed by atoms with Crippen molar-refractivity contribution in [3.63, 3.8) is 0 Å². The largest absolute Gasteiger partial charge is 0.457 e. The van der Waals surface area contributed by atoms with Gasteiger partial charge < -0.3 is 20.7 Å². The number of hydrogen-bond donors (Lipinski definition) is 3. The maximum absolute atomic E-state index is 14.4. The van der Waals surface area contributed by atoms with E-state index in [9.17, 15) is 14.0 Å². The van der Waals surface area contributed by atoms with Gasteiger partial charge in [0.2, 0.25) is 0 Å². The fourth-order valence-electron chi connectivity index (χ4n) is 2.63. The average molecular weight is 408 g/mol. The van der Waals surface area contributed by atoms with Gasteiger partial charge in [-0.2, -0.15) is 0 Å². The van der Waals surface area contributed by atoms with Crippen LogP contribution in [0.3, 0.4) is 0 Å². The lowest BCUT2D eigenvalue weighted by Gasteiger charge is -2.11. The molecule has 3 amide bonds. The maximum Gasteiger partial charge on any atom is 0.323 e. The van der Waals surface area contributed by atoms with E-state index >= 15 is 0 Å². The number of nitrogens with zero attached hydrogens (tertiary/aromatic N) is 1. The van der Waals surface area contributed by atoms with Crippen LogP contribution in [-0.2, 0) is 6.42 Å². The molecule has 0 atom stereocenters. The monoisotopic (exact) mass is 408 g/mol. The van der Waals surface area contributed by atoms with Crippen molar-refractivity contribution in [3.05, 3.63) is 77.9 Å². The molecular formula is C22H21FN4O3. The number of nitrogens with one attached hydrogen (secondary N) is 3. The molecule has 0 unspecified atom stereocenters. The van der Waals surface area contributed by atoms with Crippen LogP contribution in [0.1, 0.15) is 23.0 Å². The molecular weight excluding hydrogens is 387 g/mol. The number of urea groups is 1. The van der Waals surface area contributed by atoms with Crippen LogP contribution in [0.5, 0.6) is 11.5 Å². The Labute approximate surface area is 173 Å². The molecule has 0 aliphatic rings. The Balaban J connectivity index is 1.64. The lowest BCUT2D eigenvalue weighted by Crippen LogP contribution is -2.20. The first-order chi connectivity index (χ1) is 14.5. The normalized spacial score (nSPS) is 10.2. The number of rotatable bonds is 6. The molecule has 154 valence electrons. The SMILES string of the molecule is CCc1ccc(NC(=O)Nc2ccc(Oc3ccnc(C(=O)NC)c3)cc2F)cc1. The number of amides is 3. The first-order valence-electron chi connectivity index (χ1n) is 9.31. The molecule has 2 aromatic carbocycles. The minimum Gasteiger partial charge on any atom is -0.457 e. The van der Waals surface area contributed by atoms with Crippen LogP contribution >= 0.6 is 0 Å². The molecule has 8 heteroatoms. The Morgan fingerprint density at radius 2 is 1.73 bits per heavy atom. The Hall–Kier alpha value is -3.94. The second-order valence-corrected chi connectivity index (χ2v) is 6.33. The van der Waals surface area contributed by atoms with Crippen molar-refractivity contribution in [2.24, 2.45) is 0 Å². The topological polar surface area (TPSA) is 92.3 Å². The van der Waals surface area contributed by atoms with Gasteiger partial charge in [-0.25, -0.2) is 9.18 Å². The van der Waals surface area contributed by atoms with E-state index in [1.165, 1.54) is 31.4 Å². The number of carbonyl (C=O) groups is 2. The molecule has 0 aliphatic heterocycles. The van der Waals surface area contributed by atoms with Crippen LogP contribution < -0.4 is 20.7 Å². The number of anilines is 2. The van der Waals surface area contributed by atoms with Gasteiger partial charge in [0, 0.05) is 31.1 Å². The number of hydrogen-bond acceptors (Lipinski definition) is 4. The number of aromatic nitrogens is 1. The summed E-state index contributed by atoms with van der Waals surface area (Å²) in [6.07, 6.45) is 2.32. The summed E-state index contributed by atoms with van der Waals surface area (Å²) >= 11 is 0. The molecule has 30 heavy (non-hydrogen) atoms. The molecule has 0 bridgehead atoms. The smallest absolute Gasteiger partial charge is 0.323 e. The quantitative estimate of drug-likeness (QED) is 0.557. The van der Waals surface area contributed by atoms with Crippen molar-refractivity contribution in [3.8, 4) is 11.5 Å². The summed E-state index contributed by atoms with van der Waals surface area (Å²) < 4.78 is 20.0. The first-order valence-corrected chi connectivity index (χ1v) is 9.31. The summed E-state index contributed by atoms with van der Waals surface area (Å²) in [5, 5.41) is 7.59. The van der Waals surface area contributed by atoms with E-state index in [1.807, 2.05) is 19.1 Å². The van der Waals surface area contributed by atoms with E-state index in [2.05, 4.69) is 20.9 Å². The summed E-state index contributed by atoms with van der Waals surface area (Å²) in [4.78, 5) is 27.7.